The summed E-state index contributed by atoms with van der Waals surface area (Å²) in [4.78, 5) is 6.76. The number of rotatable bonds is 7. The molecule has 1 unspecified atom stereocenters. The van der Waals surface area contributed by atoms with Crippen molar-refractivity contribution in [3.05, 3.63) is 12.2 Å². The van der Waals surface area contributed by atoms with E-state index in [1.54, 1.807) is 6.33 Å². The maximum atomic E-state index is 10.9. The summed E-state index contributed by atoms with van der Waals surface area (Å²) in [6.45, 7) is 9.22. The Morgan fingerprint density at radius 1 is 1.30 bits per heavy atom. The van der Waals surface area contributed by atoms with E-state index in [9.17, 15) is 5.11 Å². The zero-order valence-electron chi connectivity index (χ0n) is 13.0. The van der Waals surface area contributed by atoms with Crippen molar-refractivity contribution in [3.63, 3.8) is 0 Å². The predicted octanol–water partition coefficient (Wildman–Crippen LogP) is 1.86. The van der Waals surface area contributed by atoms with Crippen molar-refractivity contribution in [2.75, 3.05) is 13.1 Å². The molecule has 1 aromatic heterocycles. The maximum absolute atomic E-state index is 10.9. The number of aliphatic hydroxyl groups excluding tert-OH is 1. The van der Waals surface area contributed by atoms with Crippen LogP contribution in [0.5, 0.6) is 0 Å². The molecule has 1 atom stereocenters. The van der Waals surface area contributed by atoms with E-state index in [1.807, 2.05) is 4.68 Å². The number of nitrogens with zero attached hydrogens (tertiary/aromatic N) is 4. The van der Waals surface area contributed by atoms with Gasteiger partial charge in [-0.05, 0) is 32.9 Å². The molecule has 20 heavy (non-hydrogen) atoms. The van der Waals surface area contributed by atoms with Gasteiger partial charge in [0.05, 0.1) is 6.10 Å². The maximum Gasteiger partial charge on any atom is 0.138 e. The number of aliphatic hydroxyl groups is 1. The van der Waals surface area contributed by atoms with E-state index in [2.05, 4.69) is 35.8 Å². The highest BCUT2D eigenvalue weighted by Crippen LogP contribution is 2.39. The third-order valence-corrected chi connectivity index (χ3v) is 4.85. The summed E-state index contributed by atoms with van der Waals surface area (Å²) in [7, 11) is 0. The van der Waals surface area contributed by atoms with Gasteiger partial charge in [-0.3, -0.25) is 9.58 Å². The summed E-state index contributed by atoms with van der Waals surface area (Å²) >= 11 is 0. The van der Waals surface area contributed by atoms with Crippen LogP contribution < -0.4 is 0 Å². The minimum atomic E-state index is -0.362. The standard InChI is InChI=1S/C15H28N4O/c1-4-18(5-2)15(9-7-8-10-15)13(20)11-14-16-12-17-19(14)6-3/h12-13,20H,4-11H2,1-3H3. The Morgan fingerprint density at radius 2 is 1.95 bits per heavy atom. The fourth-order valence-corrected chi connectivity index (χ4v) is 3.77. The molecule has 1 N–H and O–H groups in total. The number of aromatic nitrogens is 3. The van der Waals surface area contributed by atoms with Gasteiger partial charge in [0, 0.05) is 18.5 Å². The summed E-state index contributed by atoms with van der Waals surface area (Å²) in [6.07, 6.45) is 6.45. The van der Waals surface area contributed by atoms with Gasteiger partial charge in [0.15, 0.2) is 0 Å². The van der Waals surface area contributed by atoms with Crippen molar-refractivity contribution in [1.29, 1.82) is 0 Å². The molecule has 5 nitrogen and oxygen atoms in total. The molecule has 5 heteroatoms. The number of hydrogen-bond acceptors (Lipinski definition) is 4. The molecular weight excluding hydrogens is 252 g/mol. The summed E-state index contributed by atoms with van der Waals surface area (Å²) in [5, 5.41) is 15.1. The fourth-order valence-electron chi connectivity index (χ4n) is 3.77. The van der Waals surface area contributed by atoms with Gasteiger partial charge >= 0.3 is 0 Å². The minimum absolute atomic E-state index is 0.0615. The van der Waals surface area contributed by atoms with E-state index in [0.717, 1.165) is 38.3 Å². The van der Waals surface area contributed by atoms with Gasteiger partial charge in [-0.1, -0.05) is 26.7 Å². The Kier molecular flexibility index (Phi) is 5.16. The van der Waals surface area contributed by atoms with Crippen molar-refractivity contribution < 1.29 is 5.11 Å². The van der Waals surface area contributed by atoms with Crippen LogP contribution in [0, 0.1) is 0 Å². The highest BCUT2D eigenvalue weighted by atomic mass is 16.3. The smallest absolute Gasteiger partial charge is 0.138 e. The predicted molar refractivity (Wildman–Crippen MR) is 79.5 cm³/mol. The SMILES string of the molecule is CCN(CC)C1(C(O)Cc2ncnn2CC)CCCC1. The van der Waals surface area contributed by atoms with Crippen molar-refractivity contribution in [2.45, 2.75) is 71.1 Å². The first kappa shape index (κ1) is 15.4. The van der Waals surface area contributed by atoms with Crippen LogP contribution >= 0.6 is 0 Å². The molecule has 0 aromatic carbocycles. The molecule has 1 fully saturated rings. The molecule has 1 aromatic rings. The summed E-state index contributed by atoms with van der Waals surface area (Å²) in [5.74, 6) is 0.901. The molecule has 0 radical (unpaired) electrons. The first-order chi connectivity index (χ1) is 9.67. The average Bonchev–Trinajstić information content (AvgIpc) is 3.09. The molecule has 1 saturated carbocycles. The molecule has 0 bridgehead atoms. The monoisotopic (exact) mass is 280 g/mol. The Labute approximate surface area is 122 Å². The fraction of sp³-hybridized carbons (Fsp3) is 0.867. The number of aryl methyl sites for hydroxylation is 1. The zero-order valence-corrected chi connectivity index (χ0v) is 13.0. The normalized spacial score (nSPS) is 19.6. The molecule has 2 rings (SSSR count). The van der Waals surface area contributed by atoms with Crippen LogP contribution in [0.3, 0.4) is 0 Å². The average molecular weight is 280 g/mol. The molecule has 0 amide bonds. The summed E-state index contributed by atoms with van der Waals surface area (Å²) in [6, 6.07) is 0. The number of hydrogen-bond donors (Lipinski definition) is 1. The second-order valence-electron chi connectivity index (χ2n) is 5.69. The molecule has 0 aliphatic heterocycles. The first-order valence-corrected chi connectivity index (χ1v) is 7.97. The van der Waals surface area contributed by atoms with E-state index in [0.29, 0.717) is 6.42 Å². The minimum Gasteiger partial charge on any atom is -0.391 e. The van der Waals surface area contributed by atoms with Crippen molar-refractivity contribution in [2.24, 2.45) is 0 Å². The Balaban J connectivity index is 2.17. The highest BCUT2D eigenvalue weighted by molar-refractivity contribution is 5.03. The van der Waals surface area contributed by atoms with E-state index in [-0.39, 0.29) is 11.6 Å². The molecule has 1 heterocycles. The molecule has 0 spiro atoms. The largest absolute Gasteiger partial charge is 0.391 e. The summed E-state index contributed by atoms with van der Waals surface area (Å²) in [5.41, 5.74) is -0.0615. The van der Waals surface area contributed by atoms with Crippen LogP contribution in [0.1, 0.15) is 52.3 Å². The second kappa shape index (κ2) is 6.68. The van der Waals surface area contributed by atoms with E-state index >= 15 is 0 Å². The lowest BCUT2D eigenvalue weighted by atomic mass is 9.86. The van der Waals surface area contributed by atoms with Gasteiger partial charge in [0.25, 0.3) is 0 Å². The van der Waals surface area contributed by atoms with Crippen LogP contribution in [-0.2, 0) is 13.0 Å². The van der Waals surface area contributed by atoms with Crippen LogP contribution in [0.4, 0.5) is 0 Å². The van der Waals surface area contributed by atoms with Crippen LogP contribution in [0.25, 0.3) is 0 Å². The molecule has 1 aliphatic carbocycles. The lowest BCUT2D eigenvalue weighted by molar-refractivity contribution is -0.0258. The lowest BCUT2D eigenvalue weighted by Crippen LogP contribution is -2.55. The number of likely N-dealkylation sites (N-methyl/N-ethyl adjacent to an activating group) is 1. The van der Waals surface area contributed by atoms with Crippen molar-refractivity contribution in [3.8, 4) is 0 Å². The highest BCUT2D eigenvalue weighted by Gasteiger charge is 2.44. The zero-order chi connectivity index (χ0) is 14.6. The van der Waals surface area contributed by atoms with Gasteiger partial charge in [0.1, 0.15) is 12.2 Å². The van der Waals surface area contributed by atoms with Crippen LogP contribution in [-0.4, -0.2) is 49.5 Å². The van der Waals surface area contributed by atoms with Crippen LogP contribution in [0.15, 0.2) is 6.33 Å². The van der Waals surface area contributed by atoms with Crippen molar-refractivity contribution >= 4 is 0 Å². The molecule has 114 valence electrons. The topological polar surface area (TPSA) is 54.2 Å². The van der Waals surface area contributed by atoms with Gasteiger partial charge in [-0.25, -0.2) is 4.98 Å². The van der Waals surface area contributed by atoms with Crippen molar-refractivity contribution in [1.82, 2.24) is 19.7 Å². The third kappa shape index (κ3) is 2.74. The van der Waals surface area contributed by atoms with Gasteiger partial charge in [-0.2, -0.15) is 5.10 Å². The Morgan fingerprint density at radius 3 is 2.50 bits per heavy atom. The Hall–Kier alpha value is -0.940. The quantitative estimate of drug-likeness (QED) is 0.828. The van der Waals surface area contributed by atoms with E-state index in [4.69, 9.17) is 0 Å². The second-order valence-corrected chi connectivity index (χ2v) is 5.69. The lowest BCUT2D eigenvalue weighted by Gasteiger charge is -2.44. The van der Waals surface area contributed by atoms with Gasteiger partial charge < -0.3 is 5.11 Å². The van der Waals surface area contributed by atoms with Crippen LogP contribution in [0.2, 0.25) is 0 Å². The molecular formula is C15H28N4O. The Bertz CT molecular complexity index is 408. The molecule has 1 aliphatic rings. The third-order valence-electron chi connectivity index (χ3n) is 4.85. The summed E-state index contributed by atoms with van der Waals surface area (Å²) < 4.78 is 1.88. The van der Waals surface area contributed by atoms with E-state index in [1.165, 1.54) is 12.8 Å². The van der Waals surface area contributed by atoms with E-state index < -0.39 is 0 Å². The van der Waals surface area contributed by atoms with Gasteiger partial charge in [0.2, 0.25) is 0 Å². The van der Waals surface area contributed by atoms with Gasteiger partial charge in [-0.15, -0.1) is 0 Å². The first-order valence-electron chi connectivity index (χ1n) is 7.97. The molecule has 0 saturated heterocycles.